The summed E-state index contributed by atoms with van der Waals surface area (Å²) in [6.45, 7) is 6.13. The molecule has 26 heavy (non-hydrogen) atoms. The number of carbonyl (C=O) groups is 1. The molecule has 1 unspecified atom stereocenters. The number of nitrogens with zero attached hydrogens (tertiary/aromatic N) is 1. The highest BCUT2D eigenvalue weighted by Gasteiger charge is 2.12. The van der Waals surface area contributed by atoms with Crippen molar-refractivity contribution in [1.82, 2.24) is 10.3 Å². The van der Waals surface area contributed by atoms with E-state index in [-0.39, 0.29) is 11.9 Å². The Kier molecular flexibility index (Phi) is 5.32. The quantitative estimate of drug-likeness (QED) is 0.689. The predicted molar refractivity (Wildman–Crippen MR) is 106 cm³/mol. The zero-order valence-electron chi connectivity index (χ0n) is 15.3. The topological polar surface area (TPSA) is 54.0 Å². The molecule has 0 aliphatic carbocycles. The maximum atomic E-state index is 12.4. The molecule has 1 atom stereocenters. The summed E-state index contributed by atoms with van der Waals surface area (Å²) < 4.78 is 0. The lowest BCUT2D eigenvalue weighted by atomic mass is 10.1. The molecule has 0 saturated heterocycles. The van der Waals surface area contributed by atoms with Crippen LogP contribution in [0, 0.1) is 13.8 Å². The van der Waals surface area contributed by atoms with E-state index in [9.17, 15) is 4.79 Å². The van der Waals surface area contributed by atoms with Crippen LogP contribution in [0.2, 0.25) is 0 Å². The molecular weight excluding hydrogens is 322 g/mol. The van der Waals surface area contributed by atoms with Gasteiger partial charge in [-0.3, -0.25) is 4.79 Å². The second kappa shape index (κ2) is 7.83. The van der Waals surface area contributed by atoms with E-state index in [2.05, 4.69) is 41.6 Å². The fourth-order valence-corrected chi connectivity index (χ4v) is 2.68. The van der Waals surface area contributed by atoms with Gasteiger partial charge in [0.15, 0.2) is 0 Å². The Morgan fingerprint density at radius 2 is 1.65 bits per heavy atom. The van der Waals surface area contributed by atoms with E-state index in [1.807, 2.05) is 49.4 Å². The number of aromatic nitrogens is 1. The minimum Gasteiger partial charge on any atom is -0.354 e. The molecule has 1 heterocycles. The Hall–Kier alpha value is -3.14. The highest BCUT2D eigenvalue weighted by Crippen LogP contribution is 2.19. The van der Waals surface area contributed by atoms with Gasteiger partial charge in [-0.15, -0.1) is 0 Å². The van der Waals surface area contributed by atoms with Crippen LogP contribution in [0.15, 0.2) is 66.9 Å². The maximum Gasteiger partial charge on any atom is 0.270 e. The van der Waals surface area contributed by atoms with Crippen LogP contribution in [-0.4, -0.2) is 10.9 Å². The molecule has 0 fully saturated rings. The van der Waals surface area contributed by atoms with Crippen LogP contribution in [0.25, 0.3) is 0 Å². The Labute approximate surface area is 154 Å². The molecule has 3 rings (SSSR count). The summed E-state index contributed by atoms with van der Waals surface area (Å²) in [4.78, 5) is 16.7. The Morgan fingerprint density at radius 1 is 0.923 bits per heavy atom. The summed E-state index contributed by atoms with van der Waals surface area (Å²) >= 11 is 0. The van der Waals surface area contributed by atoms with E-state index in [1.165, 1.54) is 11.1 Å². The van der Waals surface area contributed by atoms with E-state index in [1.54, 1.807) is 12.3 Å². The van der Waals surface area contributed by atoms with E-state index in [0.29, 0.717) is 5.69 Å². The first-order valence-electron chi connectivity index (χ1n) is 8.69. The Balaban J connectivity index is 1.65. The summed E-state index contributed by atoms with van der Waals surface area (Å²) in [5.74, 6) is -0.181. The van der Waals surface area contributed by atoms with Gasteiger partial charge in [-0.1, -0.05) is 36.4 Å². The lowest BCUT2D eigenvalue weighted by Gasteiger charge is -2.14. The van der Waals surface area contributed by atoms with Crippen molar-refractivity contribution in [3.63, 3.8) is 0 Å². The average molecular weight is 345 g/mol. The van der Waals surface area contributed by atoms with E-state index < -0.39 is 0 Å². The first-order valence-corrected chi connectivity index (χ1v) is 8.69. The van der Waals surface area contributed by atoms with Gasteiger partial charge in [0, 0.05) is 5.69 Å². The molecule has 0 aliphatic rings. The lowest BCUT2D eigenvalue weighted by molar-refractivity contribution is 0.0935. The SMILES string of the molecule is Cc1ccc(Nc2ccc(C(=O)NC(C)c3ccccc3)nc2)cc1C. The summed E-state index contributed by atoms with van der Waals surface area (Å²) in [5.41, 5.74) is 5.81. The van der Waals surface area contributed by atoms with Gasteiger partial charge in [-0.25, -0.2) is 4.98 Å². The third-order valence-corrected chi connectivity index (χ3v) is 4.44. The zero-order chi connectivity index (χ0) is 18.5. The van der Waals surface area contributed by atoms with E-state index in [0.717, 1.165) is 16.9 Å². The molecular formula is C22H23N3O. The summed E-state index contributed by atoms with van der Waals surface area (Å²) in [6.07, 6.45) is 1.68. The van der Waals surface area contributed by atoms with Crippen molar-refractivity contribution >= 4 is 17.3 Å². The summed E-state index contributed by atoms with van der Waals surface area (Å²) in [7, 11) is 0. The molecule has 4 heteroatoms. The number of hydrogen-bond donors (Lipinski definition) is 2. The minimum atomic E-state index is -0.181. The fraction of sp³-hybridized carbons (Fsp3) is 0.182. The largest absolute Gasteiger partial charge is 0.354 e. The van der Waals surface area contributed by atoms with Gasteiger partial charge in [0.2, 0.25) is 0 Å². The predicted octanol–water partition coefficient (Wildman–Crippen LogP) is 4.93. The van der Waals surface area contributed by atoms with Crippen molar-refractivity contribution in [1.29, 1.82) is 0 Å². The van der Waals surface area contributed by atoms with Gasteiger partial charge in [0.05, 0.1) is 17.9 Å². The monoisotopic (exact) mass is 345 g/mol. The van der Waals surface area contributed by atoms with Gasteiger partial charge in [0.25, 0.3) is 5.91 Å². The number of anilines is 2. The molecule has 4 nitrogen and oxygen atoms in total. The van der Waals surface area contributed by atoms with Crippen molar-refractivity contribution in [2.24, 2.45) is 0 Å². The molecule has 3 aromatic rings. The number of amides is 1. The Morgan fingerprint density at radius 3 is 2.31 bits per heavy atom. The molecule has 0 aliphatic heterocycles. The highest BCUT2D eigenvalue weighted by molar-refractivity contribution is 5.92. The smallest absolute Gasteiger partial charge is 0.270 e. The van der Waals surface area contributed by atoms with Crippen LogP contribution < -0.4 is 10.6 Å². The molecule has 0 radical (unpaired) electrons. The Bertz CT molecular complexity index is 889. The third kappa shape index (κ3) is 4.28. The molecule has 2 aromatic carbocycles. The van der Waals surface area contributed by atoms with Crippen molar-refractivity contribution in [2.75, 3.05) is 5.32 Å². The van der Waals surface area contributed by atoms with Crippen LogP contribution in [0.3, 0.4) is 0 Å². The summed E-state index contributed by atoms with van der Waals surface area (Å²) in [5, 5.41) is 6.28. The fourth-order valence-electron chi connectivity index (χ4n) is 2.68. The van der Waals surface area contributed by atoms with Crippen LogP contribution in [-0.2, 0) is 0 Å². The number of carbonyl (C=O) groups excluding carboxylic acids is 1. The van der Waals surface area contributed by atoms with E-state index in [4.69, 9.17) is 0 Å². The second-order valence-corrected chi connectivity index (χ2v) is 6.46. The van der Waals surface area contributed by atoms with Crippen LogP contribution in [0.1, 0.15) is 40.1 Å². The van der Waals surface area contributed by atoms with Gasteiger partial charge >= 0.3 is 0 Å². The van der Waals surface area contributed by atoms with Crippen molar-refractivity contribution in [3.05, 3.63) is 89.2 Å². The molecule has 1 aromatic heterocycles. The number of hydrogen-bond acceptors (Lipinski definition) is 3. The second-order valence-electron chi connectivity index (χ2n) is 6.46. The number of rotatable bonds is 5. The molecule has 0 bridgehead atoms. The lowest BCUT2D eigenvalue weighted by Crippen LogP contribution is -2.27. The summed E-state index contributed by atoms with van der Waals surface area (Å²) in [6, 6.07) is 19.6. The molecule has 132 valence electrons. The number of pyridine rings is 1. The number of benzene rings is 2. The van der Waals surface area contributed by atoms with Gasteiger partial charge < -0.3 is 10.6 Å². The van der Waals surface area contributed by atoms with Crippen LogP contribution in [0.4, 0.5) is 11.4 Å². The van der Waals surface area contributed by atoms with E-state index >= 15 is 0 Å². The number of aryl methyl sites for hydroxylation is 2. The van der Waals surface area contributed by atoms with Crippen LogP contribution in [0.5, 0.6) is 0 Å². The first kappa shape index (κ1) is 17.7. The maximum absolute atomic E-state index is 12.4. The molecule has 1 amide bonds. The van der Waals surface area contributed by atoms with Crippen molar-refractivity contribution < 1.29 is 4.79 Å². The zero-order valence-corrected chi connectivity index (χ0v) is 15.3. The van der Waals surface area contributed by atoms with Gasteiger partial charge in [-0.05, 0) is 61.7 Å². The van der Waals surface area contributed by atoms with Crippen molar-refractivity contribution in [3.8, 4) is 0 Å². The normalized spacial score (nSPS) is 11.7. The molecule has 0 saturated carbocycles. The van der Waals surface area contributed by atoms with Crippen LogP contribution >= 0.6 is 0 Å². The average Bonchev–Trinajstić information content (AvgIpc) is 2.66. The highest BCUT2D eigenvalue weighted by atomic mass is 16.1. The minimum absolute atomic E-state index is 0.0705. The molecule has 0 spiro atoms. The standard InChI is InChI=1S/C22H23N3O/c1-15-9-10-19(13-16(15)2)25-20-11-12-21(23-14-20)22(26)24-17(3)18-7-5-4-6-8-18/h4-14,17,25H,1-3H3,(H,24,26). The first-order chi connectivity index (χ1) is 12.5. The van der Waals surface area contributed by atoms with Gasteiger partial charge in [-0.2, -0.15) is 0 Å². The van der Waals surface area contributed by atoms with Crippen molar-refractivity contribution in [2.45, 2.75) is 26.8 Å². The molecule has 2 N–H and O–H groups in total. The number of nitrogens with one attached hydrogen (secondary N) is 2. The van der Waals surface area contributed by atoms with Gasteiger partial charge in [0.1, 0.15) is 5.69 Å². The third-order valence-electron chi connectivity index (χ3n) is 4.44.